The Kier molecular flexibility index (Phi) is 7.03. The van der Waals surface area contributed by atoms with Crippen LogP contribution < -0.4 is 5.32 Å². The van der Waals surface area contributed by atoms with Gasteiger partial charge in [-0.3, -0.25) is 4.79 Å². The van der Waals surface area contributed by atoms with Crippen molar-refractivity contribution in [1.29, 1.82) is 0 Å². The molecule has 132 valence electrons. The number of hydrogen-bond acceptors (Lipinski definition) is 5. The van der Waals surface area contributed by atoms with E-state index in [1.165, 1.54) is 17.8 Å². The van der Waals surface area contributed by atoms with Crippen LogP contribution in [0.3, 0.4) is 0 Å². The van der Waals surface area contributed by atoms with Crippen molar-refractivity contribution < 1.29 is 9.72 Å². The van der Waals surface area contributed by atoms with E-state index in [4.69, 9.17) is 0 Å². The highest BCUT2D eigenvalue weighted by atomic mass is 79.9. The van der Waals surface area contributed by atoms with Crippen LogP contribution in [0, 0.1) is 10.1 Å². The predicted octanol–water partition coefficient (Wildman–Crippen LogP) is 3.00. The average molecular weight is 407 g/mol. The summed E-state index contributed by atoms with van der Waals surface area (Å²) in [6, 6.07) is 11.3. The predicted molar refractivity (Wildman–Crippen MR) is 98.3 cm³/mol. The number of nitro groups is 1. The Balaban J connectivity index is 1.79. The lowest BCUT2D eigenvalue weighted by Gasteiger charge is -2.16. The molecule has 8 heteroatoms. The van der Waals surface area contributed by atoms with Gasteiger partial charge in [-0.05, 0) is 51.4 Å². The highest BCUT2D eigenvalue weighted by molar-refractivity contribution is 9.10. The molecule has 0 aliphatic carbocycles. The van der Waals surface area contributed by atoms with E-state index >= 15 is 0 Å². The molecule has 2 rings (SSSR count). The van der Waals surface area contributed by atoms with E-state index in [2.05, 4.69) is 43.3 Å². The molecule has 0 unspecified atom stereocenters. The van der Waals surface area contributed by atoms with Gasteiger partial charge in [0.1, 0.15) is 0 Å². The molecule has 1 aromatic carbocycles. The van der Waals surface area contributed by atoms with Crippen molar-refractivity contribution in [3.8, 4) is 0 Å². The summed E-state index contributed by atoms with van der Waals surface area (Å²) in [6.45, 7) is 2.16. The molecule has 1 heterocycles. The van der Waals surface area contributed by atoms with E-state index in [0.29, 0.717) is 11.0 Å². The summed E-state index contributed by atoms with van der Waals surface area (Å²) < 4.78 is 0.428. The third kappa shape index (κ3) is 5.91. The van der Waals surface area contributed by atoms with Crippen LogP contribution in [0.2, 0.25) is 0 Å². The first-order valence-corrected chi connectivity index (χ1v) is 8.57. The number of pyridine rings is 1. The summed E-state index contributed by atoms with van der Waals surface area (Å²) >= 11 is 3.20. The first kappa shape index (κ1) is 19.0. The molecule has 0 fully saturated rings. The van der Waals surface area contributed by atoms with E-state index in [1.54, 1.807) is 0 Å². The van der Waals surface area contributed by atoms with Crippen LogP contribution in [0.25, 0.3) is 0 Å². The van der Waals surface area contributed by atoms with Gasteiger partial charge in [0.2, 0.25) is 0 Å². The van der Waals surface area contributed by atoms with Crippen LogP contribution in [0.15, 0.2) is 47.1 Å². The maximum absolute atomic E-state index is 12.2. The van der Waals surface area contributed by atoms with E-state index in [0.717, 1.165) is 19.5 Å². The number of halogens is 1. The number of nitrogens with zero attached hydrogens (tertiary/aromatic N) is 3. The fraction of sp³-hybridized carbons (Fsp3) is 0.294. The third-order valence-corrected chi connectivity index (χ3v) is 4.20. The van der Waals surface area contributed by atoms with E-state index < -0.39 is 4.92 Å². The van der Waals surface area contributed by atoms with Crippen molar-refractivity contribution >= 4 is 27.7 Å². The Hall–Kier alpha value is -2.32. The minimum absolute atomic E-state index is 0.208. The fourth-order valence-electron chi connectivity index (χ4n) is 2.32. The lowest BCUT2D eigenvalue weighted by molar-refractivity contribution is -0.389. The summed E-state index contributed by atoms with van der Waals surface area (Å²) in [5, 5.41) is 13.5. The van der Waals surface area contributed by atoms with Gasteiger partial charge in [0.25, 0.3) is 5.91 Å². The molecule has 25 heavy (non-hydrogen) atoms. The van der Waals surface area contributed by atoms with Gasteiger partial charge in [0, 0.05) is 19.2 Å². The summed E-state index contributed by atoms with van der Waals surface area (Å²) in [5.41, 5.74) is 1.45. The summed E-state index contributed by atoms with van der Waals surface area (Å²) in [6.07, 6.45) is 2.04. The molecule has 0 atom stereocenters. The van der Waals surface area contributed by atoms with Gasteiger partial charge < -0.3 is 20.3 Å². The number of benzene rings is 1. The zero-order chi connectivity index (χ0) is 18.2. The quantitative estimate of drug-likeness (QED) is 0.413. The first-order valence-electron chi connectivity index (χ1n) is 7.78. The van der Waals surface area contributed by atoms with Crippen LogP contribution >= 0.6 is 15.9 Å². The topological polar surface area (TPSA) is 88.4 Å². The molecule has 0 bridgehead atoms. The molecule has 2 aromatic rings. The molecule has 1 N–H and O–H groups in total. The lowest BCUT2D eigenvalue weighted by atomic mass is 10.2. The number of amides is 1. The van der Waals surface area contributed by atoms with Crippen molar-refractivity contribution in [2.45, 2.75) is 13.0 Å². The third-order valence-electron chi connectivity index (χ3n) is 3.57. The zero-order valence-corrected chi connectivity index (χ0v) is 15.4. The summed E-state index contributed by atoms with van der Waals surface area (Å²) in [4.78, 5) is 28.1. The van der Waals surface area contributed by atoms with Crippen LogP contribution in [0.4, 0.5) is 5.82 Å². The molecule has 0 spiro atoms. The van der Waals surface area contributed by atoms with Crippen molar-refractivity contribution in [2.24, 2.45) is 0 Å². The van der Waals surface area contributed by atoms with Crippen LogP contribution in [0.1, 0.15) is 22.3 Å². The number of hydrogen-bond donors (Lipinski definition) is 1. The number of nitrogens with one attached hydrogen (secondary N) is 1. The minimum atomic E-state index is -0.623. The van der Waals surface area contributed by atoms with Gasteiger partial charge in [0.05, 0.1) is 10.0 Å². The van der Waals surface area contributed by atoms with E-state index in [1.807, 2.05) is 25.2 Å². The second-order valence-corrected chi connectivity index (χ2v) is 6.47. The van der Waals surface area contributed by atoms with Crippen molar-refractivity contribution in [3.63, 3.8) is 0 Å². The van der Waals surface area contributed by atoms with E-state index in [9.17, 15) is 14.9 Å². The zero-order valence-electron chi connectivity index (χ0n) is 13.8. The van der Waals surface area contributed by atoms with Crippen LogP contribution in [-0.4, -0.2) is 40.9 Å². The summed E-state index contributed by atoms with van der Waals surface area (Å²) in [5.74, 6) is -0.709. The fourth-order valence-corrected chi connectivity index (χ4v) is 2.72. The van der Waals surface area contributed by atoms with Gasteiger partial charge in [-0.25, -0.2) is 0 Å². The monoisotopic (exact) mass is 406 g/mol. The van der Waals surface area contributed by atoms with Gasteiger partial charge in [0.15, 0.2) is 6.20 Å². The molecule has 0 aliphatic heterocycles. The average Bonchev–Trinajstić information content (AvgIpc) is 2.59. The molecule has 1 amide bonds. The molecule has 0 saturated carbocycles. The number of carbonyl (C=O) groups excluding carboxylic acids is 1. The SMILES string of the molecule is CN(CCCNC(=O)c1cc([N+](=O)[O-])ncc1Br)Cc1ccccc1. The van der Waals surface area contributed by atoms with Crippen LogP contribution in [0.5, 0.6) is 0 Å². The van der Waals surface area contributed by atoms with Gasteiger partial charge in [-0.2, -0.15) is 0 Å². The summed E-state index contributed by atoms with van der Waals surface area (Å²) in [7, 11) is 2.03. The van der Waals surface area contributed by atoms with Crippen molar-refractivity contribution in [3.05, 3.63) is 68.3 Å². The van der Waals surface area contributed by atoms with Gasteiger partial charge >= 0.3 is 5.82 Å². The molecular formula is C17H19BrN4O3. The molecular weight excluding hydrogens is 388 g/mol. The van der Waals surface area contributed by atoms with Crippen LogP contribution in [-0.2, 0) is 6.54 Å². The Labute approximate surface area is 154 Å². The Morgan fingerprint density at radius 2 is 2.08 bits per heavy atom. The smallest absolute Gasteiger partial charge is 0.358 e. The highest BCUT2D eigenvalue weighted by Gasteiger charge is 2.17. The lowest BCUT2D eigenvalue weighted by Crippen LogP contribution is -2.28. The molecule has 7 nitrogen and oxygen atoms in total. The second-order valence-electron chi connectivity index (χ2n) is 5.61. The number of carbonyl (C=O) groups is 1. The standard InChI is InChI=1S/C17H19BrN4O3/c1-21(12-13-6-3-2-4-7-13)9-5-8-19-17(23)14-10-16(22(24)25)20-11-15(14)18/h2-4,6-7,10-11H,5,8-9,12H2,1H3,(H,19,23). The largest absolute Gasteiger partial charge is 0.364 e. The van der Waals surface area contributed by atoms with Crippen molar-refractivity contribution in [2.75, 3.05) is 20.1 Å². The Bertz CT molecular complexity index is 740. The Morgan fingerprint density at radius 1 is 1.36 bits per heavy atom. The Morgan fingerprint density at radius 3 is 2.76 bits per heavy atom. The number of rotatable bonds is 8. The molecule has 0 radical (unpaired) electrons. The number of aromatic nitrogens is 1. The van der Waals surface area contributed by atoms with E-state index in [-0.39, 0.29) is 17.3 Å². The normalized spacial score (nSPS) is 10.7. The van der Waals surface area contributed by atoms with Gasteiger partial charge in [-0.1, -0.05) is 30.3 Å². The maximum atomic E-state index is 12.2. The molecule has 1 aromatic heterocycles. The minimum Gasteiger partial charge on any atom is -0.358 e. The first-order chi connectivity index (χ1) is 12.0. The van der Waals surface area contributed by atoms with Crippen molar-refractivity contribution in [1.82, 2.24) is 15.2 Å². The maximum Gasteiger partial charge on any atom is 0.364 e. The van der Waals surface area contributed by atoms with Gasteiger partial charge in [-0.15, -0.1) is 0 Å². The highest BCUT2D eigenvalue weighted by Crippen LogP contribution is 2.19. The second kappa shape index (κ2) is 9.24. The molecule has 0 saturated heterocycles. The molecule has 0 aliphatic rings.